The first-order valence-electron chi connectivity index (χ1n) is 5.46. The Balaban J connectivity index is 2.64. The first-order chi connectivity index (χ1) is 7.29. The predicted molar refractivity (Wildman–Crippen MR) is 68.2 cm³/mol. The van der Waals surface area contributed by atoms with Crippen molar-refractivity contribution in [1.82, 2.24) is 5.32 Å². The Morgan fingerprint density at radius 1 is 1.53 bits per heavy atom. The maximum absolute atomic E-state index is 3.53. The van der Waals surface area contributed by atoms with E-state index in [1.807, 2.05) is 18.3 Å². The van der Waals surface area contributed by atoms with Gasteiger partial charge in [-0.15, -0.1) is 23.2 Å². The lowest BCUT2D eigenvalue weighted by Crippen LogP contribution is -2.20. The third kappa shape index (κ3) is 3.70. The van der Waals surface area contributed by atoms with Gasteiger partial charge in [-0.25, -0.2) is 0 Å². The number of nitrogens with one attached hydrogen (secondary N) is 1. The zero-order valence-electron chi connectivity index (χ0n) is 9.76. The summed E-state index contributed by atoms with van der Waals surface area (Å²) in [7, 11) is 0. The molecule has 1 rings (SSSR count). The van der Waals surface area contributed by atoms with Crippen molar-refractivity contribution in [3.8, 4) is 11.8 Å². The topological polar surface area (TPSA) is 12.0 Å². The Labute approximate surface area is 96.9 Å². The Morgan fingerprint density at radius 3 is 2.87 bits per heavy atom. The van der Waals surface area contributed by atoms with E-state index in [0.29, 0.717) is 6.04 Å². The first-order valence-corrected chi connectivity index (χ1v) is 6.34. The molecule has 0 fully saturated rings. The third-order valence-corrected chi connectivity index (χ3v) is 3.54. The van der Waals surface area contributed by atoms with Gasteiger partial charge in [0, 0.05) is 17.3 Å². The molecule has 0 spiro atoms. The molecule has 0 radical (unpaired) electrons. The number of hydrogen-bond donors (Lipinski definition) is 1. The average molecular weight is 221 g/mol. The van der Waals surface area contributed by atoms with Gasteiger partial charge in [-0.2, -0.15) is 0 Å². The lowest BCUT2D eigenvalue weighted by molar-refractivity contribution is 0.528. The molecular formula is C13H19NS. The molecule has 0 bridgehead atoms. The van der Waals surface area contributed by atoms with E-state index in [1.165, 1.54) is 10.4 Å². The Kier molecular flexibility index (Phi) is 5.45. The van der Waals surface area contributed by atoms with Crippen molar-refractivity contribution in [3.63, 3.8) is 0 Å². The zero-order valence-corrected chi connectivity index (χ0v) is 10.6. The summed E-state index contributed by atoms with van der Waals surface area (Å²) in [6.45, 7) is 7.25. The Morgan fingerprint density at radius 2 is 2.33 bits per heavy atom. The van der Waals surface area contributed by atoms with Gasteiger partial charge in [0.05, 0.1) is 0 Å². The minimum atomic E-state index is 0.482. The van der Waals surface area contributed by atoms with E-state index in [0.717, 1.165) is 19.4 Å². The van der Waals surface area contributed by atoms with Gasteiger partial charge in [-0.05, 0) is 43.8 Å². The highest BCUT2D eigenvalue weighted by Gasteiger charge is 2.12. The van der Waals surface area contributed by atoms with Crippen LogP contribution in [0.4, 0.5) is 0 Å². The van der Waals surface area contributed by atoms with Crippen molar-refractivity contribution in [2.24, 2.45) is 0 Å². The molecule has 82 valence electrons. The van der Waals surface area contributed by atoms with Crippen LogP contribution in [0.5, 0.6) is 0 Å². The van der Waals surface area contributed by atoms with Crippen molar-refractivity contribution in [2.45, 2.75) is 39.7 Å². The summed E-state index contributed by atoms with van der Waals surface area (Å²) >= 11 is 1.84. The second kappa shape index (κ2) is 6.66. The molecular weight excluding hydrogens is 202 g/mol. The fraction of sp³-hybridized carbons (Fsp3) is 0.538. The summed E-state index contributed by atoms with van der Waals surface area (Å²) < 4.78 is 0. The fourth-order valence-electron chi connectivity index (χ4n) is 1.66. The summed E-state index contributed by atoms with van der Waals surface area (Å²) in [5.41, 5.74) is 1.40. The molecule has 0 aliphatic carbocycles. The molecule has 2 heteroatoms. The van der Waals surface area contributed by atoms with Crippen LogP contribution in [0.15, 0.2) is 11.4 Å². The van der Waals surface area contributed by atoms with Crippen molar-refractivity contribution < 1.29 is 0 Å². The van der Waals surface area contributed by atoms with Crippen LogP contribution < -0.4 is 5.32 Å². The molecule has 0 saturated carbocycles. The van der Waals surface area contributed by atoms with Crippen LogP contribution in [0.3, 0.4) is 0 Å². The van der Waals surface area contributed by atoms with Crippen LogP contribution in [-0.2, 0) is 0 Å². The summed E-state index contributed by atoms with van der Waals surface area (Å²) in [4.78, 5) is 1.47. The van der Waals surface area contributed by atoms with Crippen LogP contribution in [0.2, 0.25) is 0 Å². The fourth-order valence-corrected chi connectivity index (χ4v) is 2.69. The monoisotopic (exact) mass is 221 g/mol. The first kappa shape index (κ1) is 12.3. The molecule has 1 atom stereocenters. The van der Waals surface area contributed by atoms with Crippen molar-refractivity contribution in [2.75, 3.05) is 6.54 Å². The number of hydrogen-bond acceptors (Lipinski definition) is 2. The molecule has 1 heterocycles. The van der Waals surface area contributed by atoms with Crippen molar-refractivity contribution >= 4 is 11.3 Å². The SMILES string of the molecule is CC#CCCC(NCC)c1sccc1C. The van der Waals surface area contributed by atoms with Crippen LogP contribution in [-0.4, -0.2) is 6.54 Å². The molecule has 1 aromatic heterocycles. The van der Waals surface area contributed by atoms with Crippen LogP contribution in [0.1, 0.15) is 43.2 Å². The average Bonchev–Trinajstić information content (AvgIpc) is 2.64. The lowest BCUT2D eigenvalue weighted by Gasteiger charge is -2.16. The zero-order chi connectivity index (χ0) is 11.1. The molecule has 0 aliphatic heterocycles. The largest absolute Gasteiger partial charge is 0.309 e. The minimum Gasteiger partial charge on any atom is -0.309 e. The van der Waals surface area contributed by atoms with Gasteiger partial charge in [-0.3, -0.25) is 0 Å². The van der Waals surface area contributed by atoms with Gasteiger partial charge in [0.1, 0.15) is 0 Å². The highest BCUT2D eigenvalue weighted by atomic mass is 32.1. The number of aryl methyl sites for hydroxylation is 1. The molecule has 1 nitrogen and oxygen atoms in total. The van der Waals surface area contributed by atoms with Gasteiger partial charge in [0.2, 0.25) is 0 Å². The third-order valence-electron chi connectivity index (χ3n) is 2.40. The molecule has 1 N–H and O–H groups in total. The van der Waals surface area contributed by atoms with Crippen molar-refractivity contribution in [3.05, 3.63) is 21.9 Å². The summed E-state index contributed by atoms with van der Waals surface area (Å²) in [6.07, 6.45) is 2.08. The number of rotatable bonds is 5. The highest BCUT2D eigenvalue weighted by molar-refractivity contribution is 7.10. The van der Waals surface area contributed by atoms with Gasteiger partial charge < -0.3 is 5.32 Å². The van der Waals surface area contributed by atoms with Crippen molar-refractivity contribution in [1.29, 1.82) is 0 Å². The minimum absolute atomic E-state index is 0.482. The number of thiophene rings is 1. The maximum atomic E-state index is 3.53. The molecule has 0 aliphatic rings. The Bertz CT molecular complexity index is 343. The quantitative estimate of drug-likeness (QED) is 0.750. The summed E-state index contributed by atoms with van der Waals surface area (Å²) in [5, 5.41) is 5.69. The van der Waals surface area contributed by atoms with E-state index in [-0.39, 0.29) is 0 Å². The maximum Gasteiger partial charge on any atom is 0.0426 e. The Hall–Kier alpha value is -0.780. The van der Waals surface area contributed by atoms with E-state index in [9.17, 15) is 0 Å². The lowest BCUT2D eigenvalue weighted by atomic mass is 10.1. The van der Waals surface area contributed by atoms with E-state index in [1.54, 1.807) is 0 Å². The van der Waals surface area contributed by atoms with Gasteiger partial charge in [-0.1, -0.05) is 6.92 Å². The molecule has 1 unspecified atom stereocenters. The molecule has 0 saturated heterocycles. The normalized spacial score (nSPS) is 11.9. The van der Waals surface area contributed by atoms with E-state index < -0.39 is 0 Å². The van der Waals surface area contributed by atoms with Gasteiger partial charge in [0.15, 0.2) is 0 Å². The predicted octanol–water partition coefficient (Wildman–Crippen LogP) is 3.51. The van der Waals surface area contributed by atoms with Gasteiger partial charge >= 0.3 is 0 Å². The van der Waals surface area contributed by atoms with E-state index >= 15 is 0 Å². The molecule has 1 aromatic rings. The standard InChI is InChI=1S/C13H19NS/c1-4-6-7-8-12(14-5-2)13-11(3)9-10-15-13/h9-10,12,14H,5,7-8H2,1-3H3. The summed E-state index contributed by atoms with van der Waals surface area (Å²) in [5.74, 6) is 6.08. The van der Waals surface area contributed by atoms with Crippen LogP contribution >= 0.6 is 11.3 Å². The van der Waals surface area contributed by atoms with Crippen LogP contribution in [0.25, 0.3) is 0 Å². The van der Waals surface area contributed by atoms with E-state index in [2.05, 4.69) is 42.5 Å². The molecule has 15 heavy (non-hydrogen) atoms. The molecule has 0 aromatic carbocycles. The molecule has 0 amide bonds. The summed E-state index contributed by atoms with van der Waals surface area (Å²) in [6, 6.07) is 2.67. The smallest absolute Gasteiger partial charge is 0.0426 e. The second-order valence-corrected chi connectivity index (χ2v) is 4.49. The van der Waals surface area contributed by atoms with E-state index in [4.69, 9.17) is 0 Å². The van der Waals surface area contributed by atoms with Gasteiger partial charge in [0.25, 0.3) is 0 Å². The van der Waals surface area contributed by atoms with Crippen LogP contribution in [0, 0.1) is 18.8 Å². The highest BCUT2D eigenvalue weighted by Crippen LogP contribution is 2.26. The second-order valence-electron chi connectivity index (χ2n) is 3.54.